The summed E-state index contributed by atoms with van der Waals surface area (Å²) in [7, 11) is 0. The Labute approximate surface area is 136 Å². The lowest BCUT2D eigenvalue weighted by Gasteiger charge is -2.26. The maximum absolute atomic E-state index is 12.0. The van der Waals surface area contributed by atoms with Crippen LogP contribution in [0.4, 0.5) is 0 Å². The number of halogens is 1. The minimum Gasteiger partial charge on any atom is -0.479 e. The molecule has 0 aliphatic carbocycles. The van der Waals surface area contributed by atoms with Crippen molar-refractivity contribution in [2.75, 3.05) is 39.4 Å². The van der Waals surface area contributed by atoms with E-state index in [1.165, 1.54) is 0 Å². The van der Waals surface area contributed by atoms with E-state index in [-0.39, 0.29) is 5.91 Å². The topological polar surface area (TPSA) is 50.8 Å². The lowest BCUT2D eigenvalue weighted by atomic mass is 10.3. The Hall–Kier alpha value is -1.30. The second-order valence-corrected chi connectivity index (χ2v) is 5.70. The van der Waals surface area contributed by atoms with Crippen LogP contribution < -0.4 is 10.1 Å². The third kappa shape index (κ3) is 5.48. The Kier molecular flexibility index (Phi) is 6.96. The molecule has 1 aliphatic rings. The molecule has 0 bridgehead atoms. The van der Waals surface area contributed by atoms with Crippen LogP contribution in [-0.4, -0.2) is 56.3 Å². The Balaban J connectivity index is 1.65. The van der Waals surface area contributed by atoms with Gasteiger partial charge in [0.05, 0.1) is 18.2 Å². The molecule has 1 heterocycles. The highest BCUT2D eigenvalue weighted by Gasteiger charge is 2.15. The Bertz CT molecular complexity index is 478. The number of ether oxygens (including phenoxy) is 2. The molecule has 22 heavy (non-hydrogen) atoms. The van der Waals surface area contributed by atoms with Crippen LogP contribution in [0.25, 0.3) is 0 Å². The van der Waals surface area contributed by atoms with E-state index >= 15 is 0 Å². The fourth-order valence-corrected chi connectivity index (χ4v) is 2.45. The van der Waals surface area contributed by atoms with Crippen LogP contribution in [0.1, 0.15) is 13.3 Å². The van der Waals surface area contributed by atoms with Crippen LogP contribution in [0.2, 0.25) is 5.02 Å². The molecule has 122 valence electrons. The van der Waals surface area contributed by atoms with Gasteiger partial charge in [-0.15, -0.1) is 0 Å². The first-order valence-electron chi connectivity index (χ1n) is 7.66. The summed E-state index contributed by atoms with van der Waals surface area (Å²) in [6, 6.07) is 7.15. The largest absolute Gasteiger partial charge is 0.479 e. The predicted molar refractivity (Wildman–Crippen MR) is 86.4 cm³/mol. The lowest BCUT2D eigenvalue weighted by Crippen LogP contribution is -2.40. The average molecular weight is 327 g/mol. The third-order valence-electron chi connectivity index (χ3n) is 3.56. The molecule has 6 heteroatoms. The second kappa shape index (κ2) is 8.98. The lowest BCUT2D eigenvalue weighted by molar-refractivity contribution is -0.127. The number of hydrogen-bond acceptors (Lipinski definition) is 4. The van der Waals surface area contributed by atoms with Gasteiger partial charge in [0, 0.05) is 19.6 Å². The van der Waals surface area contributed by atoms with E-state index in [1.807, 2.05) is 12.1 Å². The van der Waals surface area contributed by atoms with Crippen LogP contribution in [0.15, 0.2) is 24.3 Å². The maximum atomic E-state index is 12.0. The third-order valence-corrected chi connectivity index (χ3v) is 3.88. The summed E-state index contributed by atoms with van der Waals surface area (Å²) in [5.41, 5.74) is 0. The number of nitrogens with zero attached hydrogens (tertiary/aromatic N) is 1. The number of carbonyl (C=O) groups excluding carboxylic acids is 1. The van der Waals surface area contributed by atoms with E-state index in [9.17, 15) is 4.79 Å². The minimum absolute atomic E-state index is 0.123. The molecule has 0 unspecified atom stereocenters. The molecule has 1 atom stereocenters. The average Bonchev–Trinajstić information content (AvgIpc) is 2.54. The summed E-state index contributed by atoms with van der Waals surface area (Å²) in [6.07, 6.45) is 0.355. The van der Waals surface area contributed by atoms with Gasteiger partial charge < -0.3 is 14.8 Å². The molecule has 0 aromatic heterocycles. The number of rotatable bonds is 7. The highest BCUT2D eigenvalue weighted by molar-refractivity contribution is 6.32. The molecular formula is C16H23ClN2O3. The highest BCUT2D eigenvalue weighted by atomic mass is 35.5. The summed E-state index contributed by atoms with van der Waals surface area (Å²) < 4.78 is 10.9. The molecule has 5 nitrogen and oxygen atoms in total. The van der Waals surface area contributed by atoms with Gasteiger partial charge in [-0.2, -0.15) is 0 Å². The standard InChI is InChI=1S/C16H23ClN2O3/c1-13(22-15-6-3-2-5-14(15)17)16(20)18-7-4-8-19-9-11-21-12-10-19/h2-3,5-6,13H,4,7-12H2,1H3,(H,18,20)/t13-/m0/s1. The first kappa shape index (κ1) is 17.1. The number of benzene rings is 1. The van der Waals surface area contributed by atoms with Crippen molar-refractivity contribution in [1.82, 2.24) is 10.2 Å². The summed E-state index contributed by atoms with van der Waals surface area (Å²) in [6.45, 7) is 6.89. The molecule has 1 aromatic rings. The highest BCUT2D eigenvalue weighted by Crippen LogP contribution is 2.24. The van der Waals surface area contributed by atoms with Gasteiger partial charge in [0.15, 0.2) is 6.10 Å². The van der Waals surface area contributed by atoms with Gasteiger partial charge in [-0.3, -0.25) is 9.69 Å². The van der Waals surface area contributed by atoms with Crippen molar-refractivity contribution >= 4 is 17.5 Å². The normalized spacial score (nSPS) is 17.0. The molecule has 1 saturated heterocycles. The number of morpholine rings is 1. The molecule has 0 radical (unpaired) electrons. The summed E-state index contributed by atoms with van der Waals surface area (Å²) in [5, 5.41) is 3.41. The van der Waals surface area contributed by atoms with Gasteiger partial charge in [-0.05, 0) is 32.0 Å². The Morgan fingerprint density at radius 3 is 2.86 bits per heavy atom. The van der Waals surface area contributed by atoms with E-state index in [0.29, 0.717) is 17.3 Å². The first-order valence-corrected chi connectivity index (χ1v) is 8.03. The number of hydrogen-bond donors (Lipinski definition) is 1. The van der Waals surface area contributed by atoms with Gasteiger partial charge in [0.25, 0.3) is 5.91 Å². The monoisotopic (exact) mass is 326 g/mol. The van der Waals surface area contributed by atoms with Crippen LogP contribution in [0, 0.1) is 0 Å². The van der Waals surface area contributed by atoms with Gasteiger partial charge in [-0.1, -0.05) is 23.7 Å². The molecule has 2 rings (SSSR count). The first-order chi connectivity index (χ1) is 10.7. The van der Waals surface area contributed by atoms with E-state index < -0.39 is 6.10 Å². The summed E-state index contributed by atoms with van der Waals surface area (Å²) in [4.78, 5) is 14.3. The molecule has 0 saturated carbocycles. The van der Waals surface area contributed by atoms with Crippen molar-refractivity contribution in [1.29, 1.82) is 0 Å². The zero-order valence-corrected chi connectivity index (χ0v) is 13.6. The number of nitrogens with one attached hydrogen (secondary N) is 1. The molecule has 1 aromatic carbocycles. The Morgan fingerprint density at radius 2 is 2.14 bits per heavy atom. The van der Waals surface area contributed by atoms with Crippen molar-refractivity contribution in [3.63, 3.8) is 0 Å². The van der Waals surface area contributed by atoms with Gasteiger partial charge in [-0.25, -0.2) is 0 Å². The molecule has 1 fully saturated rings. The van der Waals surface area contributed by atoms with Crippen molar-refractivity contribution in [2.45, 2.75) is 19.4 Å². The van der Waals surface area contributed by atoms with Crippen LogP contribution in [0.5, 0.6) is 5.75 Å². The van der Waals surface area contributed by atoms with E-state index in [2.05, 4.69) is 10.2 Å². The smallest absolute Gasteiger partial charge is 0.260 e. The van der Waals surface area contributed by atoms with Gasteiger partial charge >= 0.3 is 0 Å². The van der Waals surface area contributed by atoms with Gasteiger partial charge in [0.1, 0.15) is 5.75 Å². The van der Waals surface area contributed by atoms with Crippen molar-refractivity contribution < 1.29 is 14.3 Å². The van der Waals surface area contributed by atoms with Crippen LogP contribution in [0.3, 0.4) is 0 Å². The SMILES string of the molecule is C[C@H](Oc1ccccc1Cl)C(=O)NCCCN1CCOCC1. The number of amides is 1. The van der Waals surface area contributed by atoms with Crippen LogP contribution >= 0.6 is 11.6 Å². The van der Waals surface area contributed by atoms with Crippen molar-refractivity contribution in [2.24, 2.45) is 0 Å². The molecule has 1 amide bonds. The molecule has 1 N–H and O–H groups in total. The fourth-order valence-electron chi connectivity index (χ4n) is 2.27. The second-order valence-electron chi connectivity index (χ2n) is 5.29. The van der Waals surface area contributed by atoms with E-state index in [0.717, 1.165) is 39.3 Å². The summed E-state index contributed by atoms with van der Waals surface area (Å²) >= 11 is 6.01. The molecule has 1 aliphatic heterocycles. The molecule has 0 spiro atoms. The maximum Gasteiger partial charge on any atom is 0.260 e. The predicted octanol–water partition coefficient (Wildman–Crippen LogP) is 1.95. The van der Waals surface area contributed by atoms with Gasteiger partial charge in [0.2, 0.25) is 0 Å². The number of carbonyl (C=O) groups is 1. The fraction of sp³-hybridized carbons (Fsp3) is 0.562. The van der Waals surface area contributed by atoms with Crippen molar-refractivity contribution in [3.05, 3.63) is 29.3 Å². The Morgan fingerprint density at radius 1 is 1.41 bits per heavy atom. The minimum atomic E-state index is -0.566. The number of para-hydroxylation sites is 1. The van der Waals surface area contributed by atoms with E-state index in [4.69, 9.17) is 21.1 Å². The van der Waals surface area contributed by atoms with Crippen LogP contribution in [-0.2, 0) is 9.53 Å². The zero-order valence-electron chi connectivity index (χ0n) is 12.9. The zero-order chi connectivity index (χ0) is 15.8. The molecular weight excluding hydrogens is 304 g/mol. The quantitative estimate of drug-likeness (QED) is 0.778. The van der Waals surface area contributed by atoms with Crippen molar-refractivity contribution in [3.8, 4) is 5.75 Å². The van der Waals surface area contributed by atoms with E-state index in [1.54, 1.807) is 19.1 Å². The summed E-state index contributed by atoms with van der Waals surface area (Å²) in [5.74, 6) is 0.405.